The number of hydrogen-bond donors (Lipinski definition) is 1. The van der Waals surface area contributed by atoms with Gasteiger partial charge < -0.3 is 5.32 Å². The summed E-state index contributed by atoms with van der Waals surface area (Å²) in [5.74, 6) is -0.207. The molecule has 0 atom stereocenters. The zero-order chi connectivity index (χ0) is 21.1. The molecule has 0 radical (unpaired) electrons. The highest BCUT2D eigenvalue weighted by Gasteiger charge is 2.26. The smallest absolute Gasteiger partial charge is 0.252 e. The van der Waals surface area contributed by atoms with Crippen LogP contribution in [0.2, 0.25) is 0 Å². The Balaban J connectivity index is 1.52. The summed E-state index contributed by atoms with van der Waals surface area (Å²) in [4.78, 5) is 17.6. The van der Waals surface area contributed by atoms with Crippen LogP contribution in [0, 0.1) is 6.92 Å². The number of hydrogen-bond acceptors (Lipinski definition) is 4. The molecule has 1 aliphatic heterocycles. The zero-order valence-electron chi connectivity index (χ0n) is 17.0. The number of pyridine rings is 1. The number of fused-ring (bicyclic) bond motifs is 1. The van der Waals surface area contributed by atoms with Gasteiger partial charge in [0.15, 0.2) is 0 Å². The fourth-order valence-electron chi connectivity index (χ4n) is 3.84. The lowest BCUT2D eigenvalue weighted by Gasteiger charge is -2.26. The van der Waals surface area contributed by atoms with Gasteiger partial charge in [0.05, 0.1) is 16.0 Å². The first-order valence-electron chi connectivity index (χ1n) is 10.2. The number of rotatable bonds is 5. The lowest BCUT2D eigenvalue weighted by Crippen LogP contribution is -2.35. The summed E-state index contributed by atoms with van der Waals surface area (Å²) < 4.78 is 27.4. The summed E-state index contributed by atoms with van der Waals surface area (Å²) in [6.45, 7) is 3.24. The average Bonchev–Trinajstić information content (AvgIpc) is 2.77. The van der Waals surface area contributed by atoms with E-state index in [9.17, 15) is 13.2 Å². The minimum atomic E-state index is -3.50. The molecule has 7 heteroatoms. The number of carbonyl (C=O) groups excluding carboxylic acids is 1. The molecule has 0 unspecified atom stereocenters. The highest BCUT2D eigenvalue weighted by Crippen LogP contribution is 2.22. The predicted molar refractivity (Wildman–Crippen MR) is 117 cm³/mol. The molecule has 156 valence electrons. The Morgan fingerprint density at radius 1 is 1.03 bits per heavy atom. The summed E-state index contributed by atoms with van der Waals surface area (Å²) >= 11 is 0. The number of nitrogens with one attached hydrogen (secondary N) is 1. The maximum absolute atomic E-state index is 12.9. The molecular formula is C23H25N3O3S. The number of carbonyl (C=O) groups is 1. The number of aromatic nitrogens is 1. The minimum Gasteiger partial charge on any atom is -0.348 e. The van der Waals surface area contributed by atoms with E-state index in [0.29, 0.717) is 18.7 Å². The Morgan fingerprint density at radius 3 is 2.60 bits per heavy atom. The summed E-state index contributed by atoms with van der Waals surface area (Å²) in [5.41, 5.74) is 2.86. The Hall–Kier alpha value is -2.77. The van der Waals surface area contributed by atoms with E-state index >= 15 is 0 Å². The molecule has 1 saturated heterocycles. The van der Waals surface area contributed by atoms with Crippen molar-refractivity contribution < 1.29 is 13.2 Å². The second kappa shape index (κ2) is 8.53. The second-order valence-electron chi connectivity index (χ2n) is 7.62. The van der Waals surface area contributed by atoms with E-state index in [1.54, 1.807) is 28.6 Å². The highest BCUT2D eigenvalue weighted by molar-refractivity contribution is 7.89. The van der Waals surface area contributed by atoms with Gasteiger partial charge in [-0.05, 0) is 49.6 Å². The van der Waals surface area contributed by atoms with Crippen molar-refractivity contribution >= 4 is 26.8 Å². The quantitative estimate of drug-likeness (QED) is 0.679. The molecule has 1 aromatic heterocycles. The van der Waals surface area contributed by atoms with Crippen LogP contribution >= 0.6 is 0 Å². The van der Waals surface area contributed by atoms with Crippen LogP contribution in [0.4, 0.5) is 0 Å². The van der Waals surface area contributed by atoms with Gasteiger partial charge in [0, 0.05) is 30.7 Å². The van der Waals surface area contributed by atoms with Crippen molar-refractivity contribution in [3.63, 3.8) is 0 Å². The van der Waals surface area contributed by atoms with Gasteiger partial charge in [-0.3, -0.25) is 9.78 Å². The van der Waals surface area contributed by atoms with E-state index in [0.717, 1.165) is 41.4 Å². The van der Waals surface area contributed by atoms with E-state index in [1.165, 1.54) is 0 Å². The van der Waals surface area contributed by atoms with Gasteiger partial charge in [-0.25, -0.2) is 8.42 Å². The van der Waals surface area contributed by atoms with E-state index in [-0.39, 0.29) is 17.3 Å². The van der Waals surface area contributed by atoms with Crippen molar-refractivity contribution in [2.75, 3.05) is 13.1 Å². The van der Waals surface area contributed by atoms with Crippen molar-refractivity contribution in [1.29, 1.82) is 0 Å². The number of aryl methyl sites for hydroxylation is 1. The number of amides is 1. The molecule has 1 aliphatic rings. The van der Waals surface area contributed by atoms with Gasteiger partial charge in [0.1, 0.15) is 0 Å². The molecule has 0 saturated carbocycles. The first-order chi connectivity index (χ1) is 14.4. The van der Waals surface area contributed by atoms with Crippen LogP contribution in [0.3, 0.4) is 0 Å². The molecule has 6 nitrogen and oxygen atoms in total. The molecule has 30 heavy (non-hydrogen) atoms. The molecule has 3 aromatic rings. The van der Waals surface area contributed by atoms with E-state index < -0.39 is 10.0 Å². The van der Waals surface area contributed by atoms with Crippen molar-refractivity contribution in [3.05, 3.63) is 71.4 Å². The maximum atomic E-state index is 12.9. The highest BCUT2D eigenvalue weighted by atomic mass is 32.2. The van der Waals surface area contributed by atoms with Gasteiger partial charge in [-0.1, -0.05) is 36.8 Å². The Kier molecular flexibility index (Phi) is 5.83. The normalized spacial score (nSPS) is 15.2. The number of sulfonamides is 1. The third-order valence-corrected chi connectivity index (χ3v) is 7.29. The fourth-order valence-corrected chi connectivity index (χ4v) is 5.43. The van der Waals surface area contributed by atoms with Crippen molar-refractivity contribution in [1.82, 2.24) is 14.6 Å². The fraction of sp³-hybridized carbons (Fsp3) is 0.304. The van der Waals surface area contributed by atoms with Gasteiger partial charge in [0.25, 0.3) is 5.91 Å². The average molecular weight is 424 g/mol. The zero-order valence-corrected chi connectivity index (χ0v) is 17.8. The van der Waals surface area contributed by atoms with Crippen LogP contribution in [0.25, 0.3) is 10.9 Å². The SMILES string of the molecule is Cc1cc(C(=O)NCc2cccc(S(=O)(=O)N3CCCCC3)c2)c2ccccc2n1. The largest absolute Gasteiger partial charge is 0.348 e. The number of para-hydroxylation sites is 1. The Morgan fingerprint density at radius 2 is 1.80 bits per heavy atom. The van der Waals surface area contributed by atoms with Gasteiger partial charge >= 0.3 is 0 Å². The summed E-state index contributed by atoms with van der Waals surface area (Å²) in [7, 11) is -3.50. The van der Waals surface area contributed by atoms with Gasteiger partial charge in [0.2, 0.25) is 10.0 Å². The van der Waals surface area contributed by atoms with Crippen LogP contribution in [0.5, 0.6) is 0 Å². The first kappa shape index (κ1) is 20.5. The summed E-state index contributed by atoms with van der Waals surface area (Å²) in [6.07, 6.45) is 2.86. The maximum Gasteiger partial charge on any atom is 0.252 e. The molecule has 1 N–H and O–H groups in total. The van der Waals surface area contributed by atoms with Crippen LogP contribution in [0.1, 0.15) is 40.9 Å². The lowest BCUT2D eigenvalue weighted by molar-refractivity contribution is 0.0952. The third-order valence-electron chi connectivity index (χ3n) is 5.39. The molecule has 0 bridgehead atoms. The van der Waals surface area contributed by atoms with Crippen molar-refractivity contribution in [2.24, 2.45) is 0 Å². The molecule has 2 heterocycles. The molecule has 1 fully saturated rings. The Labute approximate surface area is 177 Å². The number of piperidine rings is 1. The standard InChI is InChI=1S/C23H25N3O3S/c1-17-14-21(20-10-3-4-11-22(20)25-17)23(27)24-16-18-8-7-9-19(15-18)30(28,29)26-12-5-2-6-13-26/h3-4,7-11,14-15H,2,5-6,12-13,16H2,1H3,(H,24,27). The van der Waals surface area contributed by atoms with Crippen LogP contribution in [-0.2, 0) is 16.6 Å². The number of nitrogens with zero attached hydrogens (tertiary/aromatic N) is 2. The first-order valence-corrected chi connectivity index (χ1v) is 11.6. The van der Waals surface area contributed by atoms with Gasteiger partial charge in [-0.15, -0.1) is 0 Å². The monoisotopic (exact) mass is 423 g/mol. The van der Waals surface area contributed by atoms with E-state index in [4.69, 9.17) is 0 Å². The van der Waals surface area contributed by atoms with E-state index in [1.807, 2.05) is 37.3 Å². The molecule has 4 rings (SSSR count). The van der Waals surface area contributed by atoms with Gasteiger partial charge in [-0.2, -0.15) is 4.31 Å². The van der Waals surface area contributed by atoms with Crippen molar-refractivity contribution in [3.8, 4) is 0 Å². The van der Waals surface area contributed by atoms with Crippen LogP contribution in [0.15, 0.2) is 59.5 Å². The minimum absolute atomic E-state index is 0.207. The van der Waals surface area contributed by atoms with Crippen molar-refractivity contribution in [2.45, 2.75) is 37.6 Å². The van der Waals surface area contributed by atoms with Crippen LogP contribution < -0.4 is 5.32 Å². The predicted octanol–water partition coefficient (Wildman–Crippen LogP) is 3.65. The summed E-state index contributed by atoms with van der Waals surface area (Å²) in [5, 5.41) is 3.71. The van der Waals surface area contributed by atoms with E-state index in [2.05, 4.69) is 10.3 Å². The van der Waals surface area contributed by atoms with Crippen LogP contribution in [-0.4, -0.2) is 36.7 Å². The molecule has 0 aliphatic carbocycles. The Bertz CT molecular complexity index is 1190. The second-order valence-corrected chi connectivity index (χ2v) is 9.56. The third kappa shape index (κ3) is 4.22. The topological polar surface area (TPSA) is 79.4 Å². The molecule has 2 aromatic carbocycles. The summed E-state index contributed by atoms with van der Waals surface area (Å²) in [6, 6.07) is 16.1. The number of benzene rings is 2. The lowest BCUT2D eigenvalue weighted by atomic mass is 10.1. The molecule has 1 amide bonds. The molecular weight excluding hydrogens is 398 g/mol. The molecule has 0 spiro atoms.